The fourth-order valence-electron chi connectivity index (χ4n) is 2.44. The number of hydrogen-bond donors (Lipinski definition) is 1. The van der Waals surface area contributed by atoms with E-state index in [9.17, 15) is 18.3 Å². The summed E-state index contributed by atoms with van der Waals surface area (Å²) in [5, 5.41) is 10.1. The zero-order valence-electron chi connectivity index (χ0n) is 13.5. The number of nitrogens with zero attached hydrogens (tertiary/aromatic N) is 1. The van der Waals surface area contributed by atoms with E-state index >= 15 is 0 Å². The second kappa shape index (κ2) is 7.64. The molecule has 2 rings (SSSR count). The molecule has 1 atom stereocenters. The molecule has 0 heterocycles. The number of aliphatic hydroxyl groups is 1. The van der Waals surface area contributed by atoms with Gasteiger partial charge in [0.25, 0.3) is 0 Å². The Bertz CT molecular complexity index is 484. The lowest BCUT2D eigenvalue weighted by Gasteiger charge is -2.25. The molecule has 1 aromatic carbocycles. The molecule has 0 aliphatic heterocycles. The maximum absolute atomic E-state index is 12.6. The predicted octanol–water partition coefficient (Wildman–Crippen LogP) is 3.46. The number of aliphatic hydroxyl groups excluding tert-OH is 1. The Balaban J connectivity index is 1.92. The SMILES string of the molecule is CC(C)OCC(O)CN(Cc1ccc(C(F)(F)F)cc1)C1CC1. The standard InChI is InChI=1S/C17H24F3NO2/c1-12(2)23-11-16(22)10-21(15-7-8-15)9-13-3-5-14(6-4-13)17(18,19)20/h3-6,12,15-16,22H,7-11H2,1-2H3. The van der Waals surface area contributed by atoms with Gasteiger partial charge >= 0.3 is 6.18 Å². The van der Waals surface area contributed by atoms with Crippen molar-refractivity contribution in [3.8, 4) is 0 Å². The van der Waals surface area contributed by atoms with Crippen LogP contribution in [0.25, 0.3) is 0 Å². The van der Waals surface area contributed by atoms with Gasteiger partial charge in [-0.3, -0.25) is 4.90 Å². The van der Waals surface area contributed by atoms with Crippen LogP contribution in [0.4, 0.5) is 13.2 Å². The summed E-state index contributed by atoms with van der Waals surface area (Å²) in [6.45, 7) is 5.11. The molecule has 0 bridgehead atoms. The van der Waals surface area contributed by atoms with E-state index in [0.717, 1.165) is 30.5 Å². The van der Waals surface area contributed by atoms with Gasteiger partial charge in [-0.25, -0.2) is 0 Å². The third kappa shape index (κ3) is 6.12. The molecule has 0 spiro atoms. The molecule has 1 aliphatic rings. The van der Waals surface area contributed by atoms with Crippen molar-refractivity contribution in [3.05, 3.63) is 35.4 Å². The summed E-state index contributed by atoms with van der Waals surface area (Å²) in [5.74, 6) is 0. The van der Waals surface area contributed by atoms with Crippen LogP contribution in [0.5, 0.6) is 0 Å². The fourth-order valence-corrected chi connectivity index (χ4v) is 2.44. The van der Waals surface area contributed by atoms with Crippen molar-refractivity contribution in [3.63, 3.8) is 0 Å². The van der Waals surface area contributed by atoms with Crippen LogP contribution in [0.2, 0.25) is 0 Å². The predicted molar refractivity (Wildman–Crippen MR) is 82.0 cm³/mol. The Morgan fingerprint density at radius 3 is 2.30 bits per heavy atom. The Morgan fingerprint density at radius 1 is 1.22 bits per heavy atom. The summed E-state index contributed by atoms with van der Waals surface area (Å²) in [6.07, 6.45) is -2.70. The fraction of sp³-hybridized carbons (Fsp3) is 0.647. The van der Waals surface area contributed by atoms with E-state index in [0.29, 0.717) is 19.1 Å². The lowest BCUT2D eigenvalue weighted by Crippen LogP contribution is -2.36. The third-order valence-corrected chi connectivity index (χ3v) is 3.80. The molecule has 1 aromatic rings. The average molecular weight is 331 g/mol. The molecular weight excluding hydrogens is 307 g/mol. The van der Waals surface area contributed by atoms with Crippen molar-refractivity contribution in [1.29, 1.82) is 0 Å². The highest BCUT2D eigenvalue weighted by molar-refractivity contribution is 5.24. The first-order valence-corrected chi connectivity index (χ1v) is 7.95. The van der Waals surface area contributed by atoms with E-state index in [2.05, 4.69) is 4.90 Å². The molecule has 23 heavy (non-hydrogen) atoms. The normalized spacial score (nSPS) is 17.0. The Hall–Kier alpha value is -1.11. The summed E-state index contributed by atoms with van der Waals surface area (Å²) in [7, 11) is 0. The minimum absolute atomic E-state index is 0.0638. The first kappa shape index (κ1) is 18.2. The van der Waals surface area contributed by atoms with Crippen LogP contribution in [0, 0.1) is 0 Å². The second-order valence-corrected chi connectivity index (χ2v) is 6.39. The van der Waals surface area contributed by atoms with Gasteiger partial charge in [0, 0.05) is 19.1 Å². The first-order chi connectivity index (χ1) is 10.8. The molecule has 0 aromatic heterocycles. The minimum atomic E-state index is -4.31. The molecule has 0 amide bonds. The molecule has 1 aliphatic carbocycles. The molecule has 0 radical (unpaired) electrons. The van der Waals surface area contributed by atoms with Crippen LogP contribution in [0.3, 0.4) is 0 Å². The van der Waals surface area contributed by atoms with Gasteiger partial charge in [-0.1, -0.05) is 12.1 Å². The number of ether oxygens (including phenoxy) is 1. The van der Waals surface area contributed by atoms with Gasteiger partial charge in [-0.05, 0) is 44.4 Å². The lowest BCUT2D eigenvalue weighted by molar-refractivity contribution is -0.137. The Labute approximate surface area is 135 Å². The molecule has 3 nitrogen and oxygen atoms in total. The highest BCUT2D eigenvalue weighted by atomic mass is 19.4. The quantitative estimate of drug-likeness (QED) is 0.792. The molecular formula is C17H24F3NO2. The number of halogens is 3. The number of benzene rings is 1. The van der Waals surface area contributed by atoms with Gasteiger partial charge in [0.05, 0.1) is 24.4 Å². The second-order valence-electron chi connectivity index (χ2n) is 6.39. The van der Waals surface area contributed by atoms with Crippen molar-refractivity contribution < 1.29 is 23.0 Å². The largest absolute Gasteiger partial charge is 0.416 e. The van der Waals surface area contributed by atoms with E-state index in [1.54, 1.807) is 0 Å². The zero-order chi connectivity index (χ0) is 17.0. The van der Waals surface area contributed by atoms with Crippen LogP contribution in [-0.4, -0.2) is 41.4 Å². The van der Waals surface area contributed by atoms with Crippen molar-refractivity contribution in [2.45, 2.75) is 57.7 Å². The van der Waals surface area contributed by atoms with Gasteiger partial charge in [0.1, 0.15) is 0 Å². The molecule has 1 fully saturated rings. The molecule has 1 unspecified atom stereocenters. The van der Waals surface area contributed by atoms with Crippen molar-refractivity contribution in [2.24, 2.45) is 0 Å². The van der Waals surface area contributed by atoms with Crippen molar-refractivity contribution in [1.82, 2.24) is 4.90 Å². The van der Waals surface area contributed by atoms with E-state index in [1.165, 1.54) is 12.1 Å². The Kier molecular flexibility index (Phi) is 6.06. The van der Waals surface area contributed by atoms with Gasteiger partial charge in [0.2, 0.25) is 0 Å². The van der Waals surface area contributed by atoms with Gasteiger partial charge < -0.3 is 9.84 Å². The van der Waals surface area contributed by atoms with Crippen LogP contribution < -0.4 is 0 Å². The average Bonchev–Trinajstić information content (AvgIpc) is 3.28. The highest BCUT2D eigenvalue weighted by Crippen LogP contribution is 2.31. The van der Waals surface area contributed by atoms with E-state index in [-0.39, 0.29) is 12.7 Å². The number of alkyl halides is 3. The van der Waals surface area contributed by atoms with Crippen LogP contribution in [-0.2, 0) is 17.5 Å². The van der Waals surface area contributed by atoms with Crippen LogP contribution >= 0.6 is 0 Å². The topological polar surface area (TPSA) is 32.7 Å². The van der Waals surface area contributed by atoms with E-state index < -0.39 is 17.8 Å². The van der Waals surface area contributed by atoms with Crippen molar-refractivity contribution in [2.75, 3.05) is 13.2 Å². The van der Waals surface area contributed by atoms with Gasteiger partial charge in [0.15, 0.2) is 0 Å². The smallest absolute Gasteiger partial charge is 0.389 e. The maximum Gasteiger partial charge on any atom is 0.416 e. The monoisotopic (exact) mass is 331 g/mol. The molecule has 130 valence electrons. The number of hydrogen-bond acceptors (Lipinski definition) is 3. The zero-order valence-corrected chi connectivity index (χ0v) is 13.5. The number of rotatable bonds is 8. The molecule has 6 heteroatoms. The summed E-state index contributed by atoms with van der Waals surface area (Å²) in [5.41, 5.74) is 0.187. The van der Waals surface area contributed by atoms with Crippen LogP contribution in [0.1, 0.15) is 37.8 Å². The van der Waals surface area contributed by atoms with Crippen LogP contribution in [0.15, 0.2) is 24.3 Å². The van der Waals surface area contributed by atoms with Gasteiger partial charge in [-0.2, -0.15) is 13.2 Å². The molecule has 0 saturated heterocycles. The summed E-state index contributed by atoms with van der Waals surface area (Å²) in [6, 6.07) is 5.65. The highest BCUT2D eigenvalue weighted by Gasteiger charge is 2.32. The van der Waals surface area contributed by atoms with Gasteiger partial charge in [-0.15, -0.1) is 0 Å². The summed E-state index contributed by atoms with van der Waals surface area (Å²) < 4.78 is 43.2. The summed E-state index contributed by atoms with van der Waals surface area (Å²) in [4.78, 5) is 2.12. The molecule has 1 saturated carbocycles. The first-order valence-electron chi connectivity index (χ1n) is 7.95. The summed E-state index contributed by atoms with van der Waals surface area (Å²) >= 11 is 0. The van der Waals surface area contributed by atoms with E-state index in [1.807, 2.05) is 13.8 Å². The third-order valence-electron chi connectivity index (χ3n) is 3.80. The maximum atomic E-state index is 12.6. The minimum Gasteiger partial charge on any atom is -0.389 e. The molecule has 1 N–H and O–H groups in total. The Morgan fingerprint density at radius 2 is 1.83 bits per heavy atom. The lowest BCUT2D eigenvalue weighted by atomic mass is 10.1. The van der Waals surface area contributed by atoms with E-state index in [4.69, 9.17) is 4.74 Å². The van der Waals surface area contributed by atoms with Crippen molar-refractivity contribution >= 4 is 0 Å².